The van der Waals surface area contributed by atoms with Crippen molar-refractivity contribution in [2.45, 2.75) is 52.1 Å². The largest absolute Gasteiger partial charge is 0.325 e. The zero-order valence-electron chi connectivity index (χ0n) is 20.8. The molecule has 0 bridgehead atoms. The number of rotatable bonds is 9. The van der Waals surface area contributed by atoms with Crippen molar-refractivity contribution >= 4 is 23.4 Å². The first-order valence-electron chi connectivity index (χ1n) is 12.1. The van der Waals surface area contributed by atoms with Crippen LogP contribution in [0.2, 0.25) is 0 Å². The third-order valence-corrected chi connectivity index (χ3v) is 6.96. The van der Waals surface area contributed by atoms with Gasteiger partial charge in [-0.05, 0) is 62.4 Å². The number of hydrogen-bond acceptors (Lipinski definition) is 4. The van der Waals surface area contributed by atoms with Crippen LogP contribution in [0.25, 0.3) is 17.1 Å². The Morgan fingerprint density at radius 3 is 2.26 bits per heavy atom. The summed E-state index contributed by atoms with van der Waals surface area (Å²) in [5.74, 6) is 0.951. The molecule has 0 atom stereocenters. The van der Waals surface area contributed by atoms with Gasteiger partial charge in [0, 0.05) is 16.9 Å². The van der Waals surface area contributed by atoms with Gasteiger partial charge in [0.2, 0.25) is 5.91 Å². The minimum Gasteiger partial charge on any atom is -0.325 e. The van der Waals surface area contributed by atoms with Gasteiger partial charge in [-0.3, -0.25) is 9.36 Å². The predicted molar refractivity (Wildman–Crippen MR) is 145 cm³/mol. The highest BCUT2D eigenvalue weighted by atomic mass is 32.2. The first kappa shape index (κ1) is 24.7. The molecule has 0 aliphatic carbocycles. The maximum atomic E-state index is 12.8. The summed E-state index contributed by atoms with van der Waals surface area (Å²) in [6.45, 7) is 8.29. The first-order chi connectivity index (χ1) is 17.0. The van der Waals surface area contributed by atoms with Crippen molar-refractivity contribution in [3.8, 4) is 17.1 Å². The Balaban J connectivity index is 1.60. The van der Waals surface area contributed by atoms with Gasteiger partial charge in [-0.2, -0.15) is 0 Å². The maximum absolute atomic E-state index is 12.8. The van der Waals surface area contributed by atoms with E-state index in [-0.39, 0.29) is 11.7 Å². The molecule has 0 radical (unpaired) electrons. The third kappa shape index (κ3) is 6.01. The normalized spacial score (nSPS) is 11.0. The molecule has 35 heavy (non-hydrogen) atoms. The predicted octanol–water partition coefficient (Wildman–Crippen LogP) is 6.93. The average molecular weight is 485 g/mol. The van der Waals surface area contributed by atoms with Crippen molar-refractivity contribution in [1.82, 2.24) is 14.8 Å². The summed E-state index contributed by atoms with van der Waals surface area (Å²) in [6.07, 6.45) is 3.43. The van der Waals surface area contributed by atoms with Crippen LogP contribution in [0.1, 0.15) is 42.0 Å². The van der Waals surface area contributed by atoms with Gasteiger partial charge in [0.15, 0.2) is 11.0 Å². The lowest BCUT2D eigenvalue weighted by Crippen LogP contribution is -2.16. The molecule has 6 heteroatoms. The number of nitrogens with zero attached hydrogens (tertiary/aromatic N) is 3. The number of carbonyl (C=O) groups is 1. The van der Waals surface area contributed by atoms with Gasteiger partial charge in [-0.25, -0.2) is 0 Å². The molecular formula is C29H32N4OS. The van der Waals surface area contributed by atoms with Crippen LogP contribution < -0.4 is 5.32 Å². The van der Waals surface area contributed by atoms with Crippen LogP contribution in [0.5, 0.6) is 0 Å². The molecule has 0 aliphatic rings. The minimum absolute atomic E-state index is 0.0613. The second kappa shape index (κ2) is 11.4. The Morgan fingerprint density at radius 2 is 1.60 bits per heavy atom. The van der Waals surface area contributed by atoms with Crippen molar-refractivity contribution in [2.24, 2.45) is 0 Å². The van der Waals surface area contributed by atoms with Crippen LogP contribution in [0.3, 0.4) is 0 Å². The molecular weight excluding hydrogens is 452 g/mol. The number of unbranched alkanes of at least 4 members (excludes halogenated alkanes) is 1. The van der Waals surface area contributed by atoms with Crippen LogP contribution in [-0.2, 0) is 11.2 Å². The van der Waals surface area contributed by atoms with E-state index in [0.29, 0.717) is 5.16 Å². The number of aromatic nitrogens is 3. The van der Waals surface area contributed by atoms with Crippen LogP contribution in [0.4, 0.5) is 5.69 Å². The maximum Gasteiger partial charge on any atom is 0.234 e. The van der Waals surface area contributed by atoms with Crippen LogP contribution in [-0.4, -0.2) is 26.4 Å². The van der Waals surface area contributed by atoms with Gasteiger partial charge in [0.25, 0.3) is 0 Å². The molecule has 1 N–H and O–H groups in total. The highest BCUT2D eigenvalue weighted by Gasteiger charge is 2.18. The molecule has 0 spiro atoms. The number of nitrogens with one attached hydrogen (secondary N) is 1. The molecule has 0 saturated heterocycles. The Bertz CT molecular complexity index is 1270. The zero-order valence-corrected chi connectivity index (χ0v) is 21.7. The zero-order chi connectivity index (χ0) is 24.8. The Hall–Kier alpha value is -3.38. The molecule has 180 valence electrons. The van der Waals surface area contributed by atoms with Crippen molar-refractivity contribution in [3.63, 3.8) is 0 Å². The Kier molecular flexibility index (Phi) is 8.03. The Labute approximate surface area is 212 Å². The van der Waals surface area contributed by atoms with E-state index in [1.807, 2.05) is 36.6 Å². The van der Waals surface area contributed by atoms with Gasteiger partial charge in [-0.15, -0.1) is 10.2 Å². The van der Waals surface area contributed by atoms with E-state index in [0.717, 1.165) is 40.3 Å². The number of aryl methyl sites for hydroxylation is 4. The summed E-state index contributed by atoms with van der Waals surface area (Å²) in [6, 6.07) is 22.9. The molecule has 5 nitrogen and oxygen atoms in total. The molecule has 0 unspecified atom stereocenters. The number of thioether (sulfide) groups is 1. The summed E-state index contributed by atoms with van der Waals surface area (Å²) in [5, 5.41) is 12.7. The van der Waals surface area contributed by atoms with E-state index in [2.05, 4.69) is 77.9 Å². The van der Waals surface area contributed by atoms with E-state index < -0.39 is 0 Å². The third-order valence-electron chi connectivity index (χ3n) is 6.03. The lowest BCUT2D eigenvalue weighted by atomic mass is 10.1. The van der Waals surface area contributed by atoms with Crippen molar-refractivity contribution in [3.05, 3.63) is 89.0 Å². The molecule has 3 aromatic carbocycles. The van der Waals surface area contributed by atoms with E-state index in [4.69, 9.17) is 0 Å². The smallest absolute Gasteiger partial charge is 0.234 e. The second-order valence-electron chi connectivity index (χ2n) is 8.88. The van der Waals surface area contributed by atoms with Crippen molar-refractivity contribution in [1.29, 1.82) is 0 Å². The summed E-state index contributed by atoms with van der Waals surface area (Å²) < 4.78 is 2.05. The fourth-order valence-corrected chi connectivity index (χ4v) is 4.75. The highest BCUT2D eigenvalue weighted by Crippen LogP contribution is 2.29. The van der Waals surface area contributed by atoms with Gasteiger partial charge in [-0.1, -0.05) is 85.3 Å². The average Bonchev–Trinajstić information content (AvgIpc) is 3.28. The standard InChI is InChI=1S/C29H32N4OS/c1-5-6-10-23-13-17-25(18-14-23)33-28(24-15-11-20(2)12-16-24)31-32-29(33)35-19-26(34)30-27-21(3)8-7-9-22(27)4/h7-9,11-18H,5-6,10,19H2,1-4H3,(H,30,34). The highest BCUT2D eigenvalue weighted by molar-refractivity contribution is 7.99. The topological polar surface area (TPSA) is 59.8 Å². The summed E-state index contributed by atoms with van der Waals surface area (Å²) in [7, 11) is 0. The lowest BCUT2D eigenvalue weighted by molar-refractivity contribution is -0.113. The minimum atomic E-state index is -0.0613. The van der Waals surface area contributed by atoms with E-state index in [1.165, 1.54) is 35.7 Å². The molecule has 1 heterocycles. The monoisotopic (exact) mass is 484 g/mol. The van der Waals surface area contributed by atoms with Gasteiger partial charge < -0.3 is 5.32 Å². The number of hydrogen-bond donors (Lipinski definition) is 1. The SMILES string of the molecule is CCCCc1ccc(-n2c(SCC(=O)Nc3c(C)cccc3C)nnc2-c2ccc(C)cc2)cc1. The fraction of sp³-hybridized carbons (Fsp3) is 0.276. The lowest BCUT2D eigenvalue weighted by Gasteiger charge is -2.13. The van der Waals surface area contributed by atoms with E-state index in [1.54, 1.807) is 0 Å². The van der Waals surface area contributed by atoms with E-state index >= 15 is 0 Å². The summed E-state index contributed by atoms with van der Waals surface area (Å²) in [4.78, 5) is 12.8. The Morgan fingerprint density at radius 1 is 0.914 bits per heavy atom. The molecule has 4 rings (SSSR count). The molecule has 0 saturated carbocycles. The number of para-hydroxylation sites is 1. The van der Waals surface area contributed by atoms with Crippen LogP contribution in [0.15, 0.2) is 71.9 Å². The summed E-state index contributed by atoms with van der Waals surface area (Å²) >= 11 is 1.39. The number of carbonyl (C=O) groups excluding carboxylic acids is 1. The molecule has 0 fully saturated rings. The molecule has 0 aliphatic heterocycles. The van der Waals surface area contributed by atoms with Crippen LogP contribution >= 0.6 is 11.8 Å². The van der Waals surface area contributed by atoms with E-state index in [9.17, 15) is 4.79 Å². The number of anilines is 1. The molecule has 1 amide bonds. The quantitative estimate of drug-likeness (QED) is 0.262. The number of benzene rings is 3. The van der Waals surface area contributed by atoms with Crippen molar-refractivity contribution in [2.75, 3.05) is 11.1 Å². The number of amides is 1. The first-order valence-corrected chi connectivity index (χ1v) is 13.1. The fourth-order valence-electron chi connectivity index (χ4n) is 4.00. The van der Waals surface area contributed by atoms with Gasteiger partial charge in [0.1, 0.15) is 0 Å². The van der Waals surface area contributed by atoms with Gasteiger partial charge >= 0.3 is 0 Å². The van der Waals surface area contributed by atoms with Crippen molar-refractivity contribution < 1.29 is 4.79 Å². The molecule has 1 aromatic heterocycles. The second-order valence-corrected chi connectivity index (χ2v) is 9.82. The van der Waals surface area contributed by atoms with Gasteiger partial charge in [0.05, 0.1) is 5.75 Å². The van der Waals surface area contributed by atoms with Crippen LogP contribution in [0, 0.1) is 20.8 Å². The molecule has 4 aromatic rings. The summed E-state index contributed by atoms with van der Waals surface area (Å²) in [5.41, 5.74) is 7.48.